The third kappa shape index (κ3) is 5.27. The first kappa shape index (κ1) is 21.0. The summed E-state index contributed by atoms with van der Waals surface area (Å²) in [5.74, 6) is -0.387. The highest BCUT2D eigenvalue weighted by atomic mass is 32.1. The summed E-state index contributed by atoms with van der Waals surface area (Å²) < 4.78 is 0. The number of rotatable bonds is 6. The Balaban J connectivity index is 1.51. The molecule has 158 valence electrons. The Hall–Kier alpha value is -3.25. The van der Waals surface area contributed by atoms with Gasteiger partial charge in [0.15, 0.2) is 0 Å². The van der Waals surface area contributed by atoms with Crippen molar-refractivity contribution in [3.63, 3.8) is 0 Å². The zero-order chi connectivity index (χ0) is 21.6. The Kier molecular flexibility index (Phi) is 6.57. The first-order valence-corrected chi connectivity index (χ1v) is 11.3. The van der Waals surface area contributed by atoms with Crippen LogP contribution in [0.15, 0.2) is 54.9 Å². The molecule has 0 saturated carbocycles. The standard InChI is InChI=1S/C25H25N3O2S/c1-17-8-10-18(11-9-17)12-13-22(29)28-25-23(20-6-2-3-7-21(20)31-25)24(30)27-16-19-5-4-14-26-15-19/h4-5,8-15H,2-3,6-7,16H2,1H3,(H,27,30)(H,28,29). The van der Waals surface area contributed by atoms with Crippen LogP contribution in [0.1, 0.15) is 50.3 Å². The summed E-state index contributed by atoms with van der Waals surface area (Å²) in [6.45, 7) is 2.43. The molecule has 6 heteroatoms. The van der Waals surface area contributed by atoms with Gasteiger partial charge in [-0.1, -0.05) is 35.9 Å². The minimum Gasteiger partial charge on any atom is -0.348 e. The molecule has 0 saturated heterocycles. The molecule has 2 aromatic heterocycles. The number of benzene rings is 1. The monoisotopic (exact) mass is 431 g/mol. The highest BCUT2D eigenvalue weighted by Crippen LogP contribution is 2.38. The van der Waals surface area contributed by atoms with Crippen LogP contribution in [0, 0.1) is 6.92 Å². The third-order valence-electron chi connectivity index (χ3n) is 5.32. The van der Waals surface area contributed by atoms with Crippen molar-refractivity contribution in [1.82, 2.24) is 10.3 Å². The normalized spacial score (nSPS) is 13.1. The third-order valence-corrected chi connectivity index (χ3v) is 6.52. The fraction of sp³-hybridized carbons (Fsp3) is 0.240. The lowest BCUT2D eigenvalue weighted by atomic mass is 9.95. The topological polar surface area (TPSA) is 71.1 Å². The molecule has 0 atom stereocenters. The number of nitrogens with zero attached hydrogens (tertiary/aromatic N) is 1. The van der Waals surface area contributed by atoms with E-state index in [0.29, 0.717) is 17.1 Å². The number of hydrogen-bond acceptors (Lipinski definition) is 4. The van der Waals surface area contributed by atoms with Crippen LogP contribution in [0.3, 0.4) is 0 Å². The molecule has 4 rings (SSSR count). The summed E-state index contributed by atoms with van der Waals surface area (Å²) in [6.07, 6.45) is 10.7. The molecule has 0 fully saturated rings. The second-order valence-electron chi connectivity index (χ2n) is 7.69. The Morgan fingerprint density at radius 3 is 2.71 bits per heavy atom. The molecule has 0 aliphatic heterocycles. The largest absolute Gasteiger partial charge is 0.348 e. The highest BCUT2D eigenvalue weighted by Gasteiger charge is 2.26. The Labute approximate surface area is 186 Å². The van der Waals surface area contributed by atoms with E-state index in [2.05, 4.69) is 15.6 Å². The van der Waals surface area contributed by atoms with Crippen molar-refractivity contribution in [3.05, 3.63) is 87.6 Å². The van der Waals surface area contributed by atoms with Crippen LogP contribution in [-0.2, 0) is 24.2 Å². The van der Waals surface area contributed by atoms with Crippen molar-refractivity contribution in [2.75, 3.05) is 5.32 Å². The second kappa shape index (κ2) is 9.71. The molecular weight excluding hydrogens is 406 g/mol. The van der Waals surface area contributed by atoms with Crippen molar-refractivity contribution < 1.29 is 9.59 Å². The van der Waals surface area contributed by atoms with Crippen LogP contribution < -0.4 is 10.6 Å². The van der Waals surface area contributed by atoms with E-state index in [0.717, 1.165) is 42.4 Å². The highest BCUT2D eigenvalue weighted by molar-refractivity contribution is 7.17. The van der Waals surface area contributed by atoms with Gasteiger partial charge >= 0.3 is 0 Å². The summed E-state index contributed by atoms with van der Waals surface area (Å²) >= 11 is 1.52. The van der Waals surface area contributed by atoms with E-state index in [4.69, 9.17) is 0 Å². The molecule has 0 spiro atoms. The summed E-state index contributed by atoms with van der Waals surface area (Å²) in [5, 5.41) is 6.57. The van der Waals surface area contributed by atoms with Crippen LogP contribution in [0.4, 0.5) is 5.00 Å². The SMILES string of the molecule is Cc1ccc(C=CC(=O)Nc2sc3c(c2C(=O)NCc2cccnc2)CCCC3)cc1. The Morgan fingerprint density at radius 1 is 1.13 bits per heavy atom. The maximum atomic E-state index is 13.1. The number of anilines is 1. The van der Waals surface area contributed by atoms with Crippen LogP contribution in [0.25, 0.3) is 6.08 Å². The molecule has 2 N–H and O–H groups in total. The molecular formula is C25H25N3O2S. The molecule has 0 bridgehead atoms. The average Bonchev–Trinajstić information content (AvgIpc) is 3.15. The molecule has 1 aliphatic carbocycles. The minimum absolute atomic E-state index is 0.152. The van der Waals surface area contributed by atoms with Crippen molar-refractivity contribution in [2.45, 2.75) is 39.2 Å². The van der Waals surface area contributed by atoms with Crippen molar-refractivity contribution in [1.29, 1.82) is 0 Å². The van der Waals surface area contributed by atoms with Gasteiger partial charge in [-0.15, -0.1) is 11.3 Å². The van der Waals surface area contributed by atoms with Gasteiger partial charge in [0.2, 0.25) is 5.91 Å². The van der Waals surface area contributed by atoms with Gasteiger partial charge in [0.25, 0.3) is 5.91 Å². The minimum atomic E-state index is -0.236. The predicted molar refractivity (Wildman–Crippen MR) is 125 cm³/mol. The van der Waals surface area contributed by atoms with Gasteiger partial charge in [-0.05, 0) is 61.4 Å². The van der Waals surface area contributed by atoms with Crippen LogP contribution in [0.5, 0.6) is 0 Å². The van der Waals surface area contributed by atoms with Crippen molar-refractivity contribution in [2.24, 2.45) is 0 Å². The summed E-state index contributed by atoms with van der Waals surface area (Å²) in [4.78, 5) is 31.0. The molecule has 5 nitrogen and oxygen atoms in total. The van der Waals surface area contributed by atoms with E-state index >= 15 is 0 Å². The van der Waals surface area contributed by atoms with Crippen LogP contribution in [0.2, 0.25) is 0 Å². The molecule has 0 radical (unpaired) electrons. The molecule has 3 aromatic rings. The molecule has 2 amide bonds. The van der Waals surface area contributed by atoms with E-state index in [1.54, 1.807) is 18.5 Å². The number of aryl methyl sites for hydroxylation is 2. The zero-order valence-corrected chi connectivity index (χ0v) is 18.3. The Bertz CT molecular complexity index is 1100. The Morgan fingerprint density at radius 2 is 1.94 bits per heavy atom. The lowest BCUT2D eigenvalue weighted by Crippen LogP contribution is -2.25. The average molecular weight is 432 g/mol. The molecule has 1 aromatic carbocycles. The second-order valence-corrected chi connectivity index (χ2v) is 8.80. The number of nitrogens with one attached hydrogen (secondary N) is 2. The molecule has 31 heavy (non-hydrogen) atoms. The van der Waals surface area contributed by atoms with Gasteiger partial charge in [0, 0.05) is 29.9 Å². The molecule has 0 unspecified atom stereocenters. The van der Waals surface area contributed by atoms with Crippen LogP contribution >= 0.6 is 11.3 Å². The first-order valence-electron chi connectivity index (χ1n) is 10.5. The number of carbonyl (C=O) groups is 2. The number of carbonyl (C=O) groups excluding carboxylic acids is 2. The van der Waals surface area contributed by atoms with Gasteiger partial charge in [-0.3, -0.25) is 14.6 Å². The number of thiophene rings is 1. The summed E-state index contributed by atoms with van der Waals surface area (Å²) in [5.41, 5.74) is 4.76. The quantitative estimate of drug-likeness (QED) is 0.545. The van der Waals surface area contributed by atoms with Gasteiger partial charge in [-0.25, -0.2) is 0 Å². The molecule has 2 heterocycles. The van der Waals surface area contributed by atoms with Crippen molar-refractivity contribution >= 4 is 34.2 Å². The van der Waals surface area contributed by atoms with E-state index in [9.17, 15) is 9.59 Å². The maximum absolute atomic E-state index is 13.1. The van der Waals surface area contributed by atoms with E-state index in [1.165, 1.54) is 27.9 Å². The summed E-state index contributed by atoms with van der Waals surface area (Å²) in [7, 11) is 0. The number of hydrogen-bond donors (Lipinski definition) is 2. The molecule has 1 aliphatic rings. The number of aromatic nitrogens is 1. The first-order chi connectivity index (χ1) is 15.1. The fourth-order valence-electron chi connectivity index (χ4n) is 3.67. The maximum Gasteiger partial charge on any atom is 0.254 e. The van der Waals surface area contributed by atoms with Crippen molar-refractivity contribution in [3.8, 4) is 0 Å². The van der Waals surface area contributed by atoms with Crippen LogP contribution in [-0.4, -0.2) is 16.8 Å². The van der Waals surface area contributed by atoms with Gasteiger partial charge in [0.1, 0.15) is 5.00 Å². The zero-order valence-electron chi connectivity index (χ0n) is 17.5. The predicted octanol–water partition coefficient (Wildman–Crippen LogP) is 4.91. The number of amides is 2. The smallest absolute Gasteiger partial charge is 0.254 e. The number of fused-ring (bicyclic) bond motifs is 1. The van der Waals surface area contributed by atoms with E-state index in [-0.39, 0.29) is 11.8 Å². The lowest BCUT2D eigenvalue weighted by Gasteiger charge is -2.13. The van der Waals surface area contributed by atoms with Gasteiger partial charge in [0.05, 0.1) is 5.56 Å². The van der Waals surface area contributed by atoms with E-state index in [1.807, 2.05) is 43.3 Å². The van der Waals surface area contributed by atoms with Gasteiger partial charge < -0.3 is 10.6 Å². The summed E-state index contributed by atoms with van der Waals surface area (Å²) in [6, 6.07) is 11.7. The number of pyridine rings is 1. The lowest BCUT2D eigenvalue weighted by molar-refractivity contribution is -0.111. The fourth-order valence-corrected chi connectivity index (χ4v) is 4.96. The van der Waals surface area contributed by atoms with E-state index < -0.39 is 0 Å². The van der Waals surface area contributed by atoms with Gasteiger partial charge in [-0.2, -0.15) is 0 Å².